The molecule has 2 N–H and O–H groups in total. The summed E-state index contributed by atoms with van der Waals surface area (Å²) in [6.45, 7) is 0. The number of benzene rings is 3. The first-order valence-corrected chi connectivity index (χ1v) is 12.5. The van der Waals surface area contributed by atoms with Crippen LogP contribution in [0.2, 0.25) is 0 Å². The van der Waals surface area contributed by atoms with Crippen molar-refractivity contribution in [2.75, 3.05) is 11.8 Å². The van der Waals surface area contributed by atoms with Crippen LogP contribution in [0, 0.1) is 0 Å². The summed E-state index contributed by atoms with van der Waals surface area (Å²) in [4.78, 5) is 12.6. The highest BCUT2D eigenvalue weighted by Gasteiger charge is 2.23. The summed E-state index contributed by atoms with van der Waals surface area (Å²) in [5, 5.41) is 18.4. The highest BCUT2D eigenvalue weighted by molar-refractivity contribution is 9.10. The summed E-state index contributed by atoms with van der Waals surface area (Å²) in [6, 6.07) is 14.0. The van der Waals surface area contributed by atoms with E-state index in [2.05, 4.69) is 30.9 Å². The van der Waals surface area contributed by atoms with Gasteiger partial charge in [-0.25, -0.2) is 8.42 Å². The fraction of sp³-hybridized carbons (Fsp3) is 0.125. The molecule has 3 aromatic rings. The number of allylic oxidation sites excluding steroid dienone is 2. The van der Waals surface area contributed by atoms with Crippen LogP contribution in [0.3, 0.4) is 0 Å². The van der Waals surface area contributed by atoms with Crippen LogP contribution >= 0.6 is 15.9 Å². The molecule has 174 valence electrons. The van der Waals surface area contributed by atoms with Crippen molar-refractivity contribution in [2.45, 2.75) is 17.7 Å². The molecule has 10 heteroatoms. The van der Waals surface area contributed by atoms with Crippen molar-refractivity contribution in [2.24, 2.45) is 10.2 Å². The summed E-state index contributed by atoms with van der Waals surface area (Å²) in [7, 11) is -2.42. The highest BCUT2D eigenvalue weighted by Crippen LogP contribution is 2.41. The first-order valence-electron chi connectivity index (χ1n) is 10.2. The van der Waals surface area contributed by atoms with Crippen molar-refractivity contribution in [3.8, 4) is 11.5 Å². The lowest BCUT2D eigenvalue weighted by atomic mass is 9.93. The van der Waals surface area contributed by atoms with Gasteiger partial charge in [-0.15, -0.1) is 10.2 Å². The molecule has 0 bridgehead atoms. The minimum atomic E-state index is -3.90. The summed E-state index contributed by atoms with van der Waals surface area (Å²) in [5.74, 6) is -0.282. The van der Waals surface area contributed by atoms with Gasteiger partial charge in [0.15, 0.2) is 0 Å². The number of anilines is 1. The molecule has 0 spiro atoms. The number of aromatic hydroxyl groups is 1. The van der Waals surface area contributed by atoms with Crippen LogP contribution in [0.1, 0.15) is 21.5 Å². The number of carbonyl (C=O) groups excluding carboxylic acids is 1. The first kappa shape index (κ1) is 23.7. The molecule has 0 fully saturated rings. The second-order valence-corrected chi connectivity index (χ2v) is 10.0. The molecule has 0 atom stereocenters. The number of methoxy groups -OCH3 is 1. The molecule has 34 heavy (non-hydrogen) atoms. The number of ether oxygens (including phenoxy) is 1. The Morgan fingerprint density at radius 1 is 1.06 bits per heavy atom. The summed E-state index contributed by atoms with van der Waals surface area (Å²) in [5.41, 5.74) is 1.68. The average Bonchev–Trinajstić information content (AvgIpc) is 2.85. The number of nitrogens with one attached hydrogen (secondary N) is 1. The number of carbonyl (C=O) groups is 1. The second-order valence-electron chi connectivity index (χ2n) is 7.43. The monoisotopic (exact) mass is 541 g/mol. The second kappa shape index (κ2) is 9.78. The number of nitrogens with zero attached hydrogens (tertiary/aromatic N) is 2. The topological polar surface area (TPSA) is 117 Å². The number of halogens is 1. The van der Waals surface area contributed by atoms with Crippen molar-refractivity contribution in [1.29, 1.82) is 0 Å². The molecule has 1 amide bonds. The van der Waals surface area contributed by atoms with Gasteiger partial charge in [-0.2, -0.15) is 0 Å². The maximum absolute atomic E-state index is 13.0. The lowest BCUT2D eigenvalue weighted by Crippen LogP contribution is -2.15. The Kier molecular flexibility index (Phi) is 6.80. The lowest BCUT2D eigenvalue weighted by Gasteiger charge is -2.19. The predicted octanol–water partition coefficient (Wildman–Crippen LogP) is 5.54. The summed E-state index contributed by atoms with van der Waals surface area (Å²) >= 11 is 3.29. The third-order valence-electron chi connectivity index (χ3n) is 5.24. The van der Waals surface area contributed by atoms with Gasteiger partial charge in [0, 0.05) is 15.6 Å². The molecule has 0 radical (unpaired) electrons. The van der Waals surface area contributed by atoms with E-state index < -0.39 is 15.9 Å². The Bertz CT molecular complexity index is 1420. The van der Waals surface area contributed by atoms with Gasteiger partial charge >= 0.3 is 0 Å². The van der Waals surface area contributed by atoms with Crippen molar-refractivity contribution in [1.82, 2.24) is 0 Å². The van der Waals surface area contributed by atoms with Crippen LogP contribution in [0.4, 0.5) is 11.4 Å². The molecule has 0 saturated heterocycles. The van der Waals surface area contributed by atoms with Crippen LogP contribution in [-0.2, 0) is 22.9 Å². The number of phenols is 1. The molecular formula is C24H20BrN3O5S. The fourth-order valence-electron chi connectivity index (χ4n) is 3.51. The van der Waals surface area contributed by atoms with Gasteiger partial charge in [-0.3, -0.25) is 9.52 Å². The van der Waals surface area contributed by atoms with E-state index in [1.807, 2.05) is 12.2 Å². The van der Waals surface area contributed by atoms with Crippen LogP contribution in [0.5, 0.6) is 11.5 Å². The van der Waals surface area contributed by atoms with Crippen LogP contribution in [0.15, 0.2) is 86.3 Å². The van der Waals surface area contributed by atoms with Crippen molar-refractivity contribution >= 4 is 43.2 Å². The smallest absolute Gasteiger partial charge is 0.295 e. The zero-order valence-corrected chi connectivity index (χ0v) is 20.4. The maximum Gasteiger partial charge on any atom is 0.295 e. The largest absolute Gasteiger partial charge is 0.505 e. The summed E-state index contributed by atoms with van der Waals surface area (Å²) in [6.07, 6.45) is 4.59. The van der Waals surface area contributed by atoms with E-state index >= 15 is 0 Å². The fourth-order valence-corrected chi connectivity index (χ4v) is 4.85. The quantitative estimate of drug-likeness (QED) is 0.241. The van der Waals surface area contributed by atoms with Gasteiger partial charge in [-0.05, 0) is 66.9 Å². The van der Waals surface area contributed by atoms with E-state index in [4.69, 9.17) is 4.74 Å². The third kappa shape index (κ3) is 5.02. The first-order chi connectivity index (χ1) is 16.3. The van der Waals surface area contributed by atoms with Crippen LogP contribution in [0.25, 0.3) is 0 Å². The van der Waals surface area contributed by atoms with Gasteiger partial charge in [0.05, 0.1) is 17.7 Å². The predicted molar refractivity (Wildman–Crippen MR) is 131 cm³/mol. The molecule has 0 saturated carbocycles. The van der Waals surface area contributed by atoms with Crippen molar-refractivity contribution in [3.63, 3.8) is 0 Å². The molecular weight excluding hydrogens is 522 g/mol. The average molecular weight is 542 g/mol. The Balaban J connectivity index is 1.70. The third-order valence-corrected chi connectivity index (χ3v) is 7.15. The van der Waals surface area contributed by atoms with Gasteiger partial charge in [-0.1, -0.05) is 34.1 Å². The van der Waals surface area contributed by atoms with Gasteiger partial charge in [0.25, 0.3) is 15.9 Å². The molecule has 1 aliphatic rings. The number of phenolic OH excluding ortho intramolecular Hbond substituents is 1. The van der Waals surface area contributed by atoms with E-state index in [9.17, 15) is 18.3 Å². The number of fused-ring (bicyclic) bond motifs is 1. The van der Waals surface area contributed by atoms with Crippen molar-refractivity contribution in [3.05, 3.63) is 87.9 Å². The van der Waals surface area contributed by atoms with Gasteiger partial charge < -0.3 is 9.84 Å². The molecule has 3 aromatic carbocycles. The normalized spacial score (nSPS) is 13.0. The zero-order chi connectivity index (χ0) is 24.3. The molecule has 4 rings (SSSR count). The van der Waals surface area contributed by atoms with E-state index in [-0.39, 0.29) is 27.6 Å². The molecule has 0 unspecified atom stereocenters. The van der Waals surface area contributed by atoms with E-state index in [0.29, 0.717) is 29.7 Å². The highest BCUT2D eigenvalue weighted by atomic mass is 79.9. The summed E-state index contributed by atoms with van der Waals surface area (Å²) < 4.78 is 34.4. The zero-order valence-electron chi connectivity index (χ0n) is 18.0. The van der Waals surface area contributed by atoms with E-state index in [1.54, 1.807) is 30.3 Å². The Morgan fingerprint density at radius 3 is 2.47 bits per heavy atom. The molecule has 0 heterocycles. The molecule has 8 nitrogen and oxygen atoms in total. The minimum Gasteiger partial charge on any atom is -0.505 e. The lowest BCUT2D eigenvalue weighted by molar-refractivity contribution is 0.0994. The van der Waals surface area contributed by atoms with Crippen LogP contribution in [-0.4, -0.2) is 26.5 Å². The number of azo groups is 1. The van der Waals surface area contributed by atoms with Crippen LogP contribution < -0.4 is 9.46 Å². The maximum atomic E-state index is 13.0. The Hall–Kier alpha value is -3.50. The number of amides is 1. The van der Waals surface area contributed by atoms with E-state index in [0.717, 1.165) is 4.47 Å². The SMILES string of the molecule is COc1cccc(C(=O)N=Nc2cc(NS(=O)(=O)c3ccc(Br)cc3)c3c(c2O)CC=CC3)c1. The number of sulfonamides is 1. The molecule has 0 aliphatic heterocycles. The standard InChI is InChI=1S/C24H20BrN3O5S/c1-33-17-6-4-5-15(13-17)24(30)27-26-22-14-21(19-7-2-3-8-20(19)23(22)29)28-34(31,32)18-11-9-16(25)10-12-18/h2-6,9-14,28-29H,7-8H2,1H3. The van der Waals surface area contributed by atoms with Gasteiger partial charge in [0.1, 0.15) is 17.2 Å². The number of rotatable bonds is 6. The molecule has 1 aliphatic carbocycles. The Morgan fingerprint density at radius 2 is 1.76 bits per heavy atom. The van der Waals surface area contributed by atoms with E-state index in [1.165, 1.54) is 31.4 Å². The van der Waals surface area contributed by atoms with Gasteiger partial charge in [0.2, 0.25) is 0 Å². The molecule has 0 aromatic heterocycles. The number of hydrogen-bond donors (Lipinski definition) is 2. The minimum absolute atomic E-state index is 0.0150. The van der Waals surface area contributed by atoms with Crippen molar-refractivity contribution < 1.29 is 23.1 Å². The Labute approximate surface area is 205 Å². The number of hydrogen-bond acceptors (Lipinski definition) is 6.